The normalized spacial score (nSPS) is 13.7. The Morgan fingerprint density at radius 1 is 0.951 bits per heavy atom. The van der Waals surface area contributed by atoms with E-state index in [1.807, 2.05) is 30.3 Å². The average molecular weight is 568 g/mol. The van der Waals surface area contributed by atoms with Gasteiger partial charge in [0.1, 0.15) is 23.8 Å². The van der Waals surface area contributed by atoms with Gasteiger partial charge >= 0.3 is 12.1 Å². The number of morpholine rings is 1. The minimum atomic E-state index is -4.44. The first-order valence-electron chi connectivity index (χ1n) is 12.9. The largest absolute Gasteiger partial charge is 0.487 e. The Hall–Kier alpha value is -4.51. The molecule has 0 aliphatic carbocycles. The Labute approximate surface area is 234 Å². The molecule has 1 aliphatic rings. The third kappa shape index (κ3) is 6.80. The summed E-state index contributed by atoms with van der Waals surface area (Å²) in [7, 11) is 0. The monoisotopic (exact) mass is 567 g/mol. The highest BCUT2D eigenvalue weighted by Crippen LogP contribution is 2.32. The molecule has 4 aromatic rings. The zero-order valence-electron chi connectivity index (χ0n) is 22.2. The van der Waals surface area contributed by atoms with Gasteiger partial charge in [0, 0.05) is 24.3 Å². The maximum Gasteiger partial charge on any atom is 0.416 e. The summed E-state index contributed by atoms with van der Waals surface area (Å²) in [6.45, 7) is 4.38. The van der Waals surface area contributed by atoms with E-state index < -0.39 is 24.3 Å². The van der Waals surface area contributed by atoms with Gasteiger partial charge in [-0.05, 0) is 73.2 Å². The lowest BCUT2D eigenvalue weighted by Gasteiger charge is -2.28. The Morgan fingerprint density at radius 3 is 2.27 bits per heavy atom. The summed E-state index contributed by atoms with van der Waals surface area (Å²) in [6, 6.07) is 19.7. The number of carboxylic acid groups (broad SMARTS) is 1. The highest BCUT2D eigenvalue weighted by atomic mass is 19.4. The number of benzene rings is 3. The molecule has 11 heteroatoms. The molecule has 0 unspecified atom stereocenters. The average Bonchev–Trinajstić information content (AvgIpc) is 3.40. The molecule has 0 spiro atoms. The van der Waals surface area contributed by atoms with Crippen molar-refractivity contribution in [3.8, 4) is 28.4 Å². The first-order valence-corrected chi connectivity index (χ1v) is 12.9. The van der Waals surface area contributed by atoms with Gasteiger partial charge < -0.3 is 24.2 Å². The number of aliphatic carboxylic acids is 1. The lowest BCUT2D eigenvalue weighted by molar-refractivity contribution is -0.139. The predicted octanol–water partition coefficient (Wildman–Crippen LogP) is 5.75. The number of carboxylic acids is 1. The third-order valence-corrected chi connectivity index (χ3v) is 6.62. The van der Waals surface area contributed by atoms with Crippen LogP contribution in [0.15, 0.2) is 72.8 Å². The van der Waals surface area contributed by atoms with Crippen LogP contribution in [0.25, 0.3) is 16.9 Å². The van der Waals surface area contributed by atoms with E-state index in [0.717, 1.165) is 36.5 Å². The quantitative estimate of drug-likeness (QED) is 0.276. The van der Waals surface area contributed by atoms with E-state index in [2.05, 4.69) is 10.00 Å². The lowest BCUT2D eigenvalue weighted by Crippen LogP contribution is -2.36. The Kier molecular flexibility index (Phi) is 8.16. The fourth-order valence-electron chi connectivity index (χ4n) is 4.53. The molecule has 1 N–H and O–H groups in total. The molecule has 5 rings (SSSR count). The second kappa shape index (κ2) is 11.9. The third-order valence-electron chi connectivity index (χ3n) is 6.62. The van der Waals surface area contributed by atoms with Gasteiger partial charge in [-0.15, -0.1) is 0 Å². The zero-order valence-corrected chi connectivity index (χ0v) is 22.2. The van der Waals surface area contributed by atoms with Crippen LogP contribution in [0.5, 0.6) is 11.5 Å². The molecule has 0 atom stereocenters. The number of carbonyl (C=O) groups is 1. The number of anilines is 1. The molecule has 214 valence electrons. The van der Waals surface area contributed by atoms with E-state index >= 15 is 0 Å². The minimum absolute atomic E-state index is 0.0985. The van der Waals surface area contributed by atoms with Crippen LogP contribution < -0.4 is 14.4 Å². The standard InChI is InChI=1S/C30H28F3N3O5/c1-20-16-26(10-11-28(20)41-19-29(37)38)40-18-23-17-27(21-2-6-24(7-3-21)35-12-14-39-15-13-35)36(34-23)25-8-4-22(5-9-25)30(31,32)33/h2-11,16-17H,12-15,18-19H2,1H3,(H,37,38). The van der Waals surface area contributed by atoms with Gasteiger partial charge in [0.05, 0.1) is 30.2 Å². The van der Waals surface area contributed by atoms with Gasteiger partial charge in [-0.3, -0.25) is 0 Å². The molecule has 0 bridgehead atoms. The fraction of sp³-hybridized carbons (Fsp3) is 0.267. The lowest BCUT2D eigenvalue weighted by atomic mass is 10.1. The highest BCUT2D eigenvalue weighted by Gasteiger charge is 2.30. The topological polar surface area (TPSA) is 86.0 Å². The Morgan fingerprint density at radius 2 is 1.63 bits per heavy atom. The molecule has 8 nitrogen and oxygen atoms in total. The van der Waals surface area contributed by atoms with E-state index in [1.165, 1.54) is 12.1 Å². The summed E-state index contributed by atoms with van der Waals surface area (Å²) in [5.74, 6) is -0.0975. The molecule has 3 aromatic carbocycles. The summed E-state index contributed by atoms with van der Waals surface area (Å²) >= 11 is 0. The maximum atomic E-state index is 13.2. The van der Waals surface area contributed by atoms with Crippen LogP contribution in [0.2, 0.25) is 0 Å². The van der Waals surface area contributed by atoms with Crippen molar-refractivity contribution in [1.82, 2.24) is 9.78 Å². The molecule has 2 heterocycles. The number of hydrogen-bond acceptors (Lipinski definition) is 6. The Balaban J connectivity index is 1.40. The van der Waals surface area contributed by atoms with Gasteiger partial charge in [-0.1, -0.05) is 12.1 Å². The van der Waals surface area contributed by atoms with Crippen LogP contribution >= 0.6 is 0 Å². The molecular weight excluding hydrogens is 539 g/mol. The summed E-state index contributed by atoms with van der Waals surface area (Å²) < 4.78 is 57.8. The van der Waals surface area contributed by atoms with Gasteiger partial charge in [0.15, 0.2) is 6.61 Å². The number of nitrogens with zero attached hydrogens (tertiary/aromatic N) is 3. The fourth-order valence-corrected chi connectivity index (χ4v) is 4.53. The number of hydrogen-bond donors (Lipinski definition) is 1. The molecule has 1 saturated heterocycles. The first kappa shape index (κ1) is 28.0. The second-order valence-electron chi connectivity index (χ2n) is 9.52. The first-order chi connectivity index (χ1) is 19.7. The van der Waals surface area contributed by atoms with Crippen molar-refractivity contribution in [2.24, 2.45) is 0 Å². The summed E-state index contributed by atoms with van der Waals surface area (Å²) in [5.41, 5.74) is 3.63. The molecule has 41 heavy (non-hydrogen) atoms. The summed E-state index contributed by atoms with van der Waals surface area (Å²) in [4.78, 5) is 13.0. The zero-order chi connectivity index (χ0) is 29.0. The van der Waals surface area contributed by atoms with Crippen molar-refractivity contribution in [2.45, 2.75) is 19.7 Å². The molecule has 0 amide bonds. The van der Waals surface area contributed by atoms with Crippen LogP contribution in [-0.4, -0.2) is 53.8 Å². The number of rotatable bonds is 9. The van der Waals surface area contributed by atoms with Crippen molar-refractivity contribution >= 4 is 11.7 Å². The molecule has 1 aliphatic heterocycles. The molecule has 0 saturated carbocycles. The van der Waals surface area contributed by atoms with Gasteiger partial charge in [-0.2, -0.15) is 18.3 Å². The van der Waals surface area contributed by atoms with Crippen molar-refractivity contribution in [3.63, 3.8) is 0 Å². The maximum absolute atomic E-state index is 13.2. The van der Waals surface area contributed by atoms with Crippen molar-refractivity contribution < 1.29 is 37.3 Å². The van der Waals surface area contributed by atoms with Crippen molar-refractivity contribution in [3.05, 3.63) is 89.6 Å². The van der Waals surface area contributed by atoms with Crippen LogP contribution in [0.1, 0.15) is 16.8 Å². The van der Waals surface area contributed by atoms with E-state index in [1.54, 1.807) is 29.8 Å². The van der Waals surface area contributed by atoms with Crippen molar-refractivity contribution in [1.29, 1.82) is 0 Å². The number of halogens is 3. The van der Waals surface area contributed by atoms with Crippen molar-refractivity contribution in [2.75, 3.05) is 37.8 Å². The van der Waals surface area contributed by atoms with Gasteiger partial charge in [0.2, 0.25) is 0 Å². The molecular formula is C30H28F3N3O5. The van der Waals surface area contributed by atoms with Crippen LogP contribution in [0, 0.1) is 6.92 Å². The molecule has 1 fully saturated rings. The van der Waals surface area contributed by atoms with E-state index in [-0.39, 0.29) is 6.61 Å². The Bertz CT molecular complexity index is 1500. The minimum Gasteiger partial charge on any atom is -0.487 e. The van der Waals surface area contributed by atoms with Crippen LogP contribution in [0.4, 0.5) is 18.9 Å². The van der Waals surface area contributed by atoms with Gasteiger partial charge in [0.25, 0.3) is 0 Å². The number of alkyl halides is 3. The van der Waals surface area contributed by atoms with Crippen LogP contribution in [-0.2, 0) is 22.3 Å². The second-order valence-corrected chi connectivity index (χ2v) is 9.52. The highest BCUT2D eigenvalue weighted by molar-refractivity contribution is 5.68. The van der Waals surface area contributed by atoms with E-state index in [9.17, 15) is 18.0 Å². The molecule has 1 aromatic heterocycles. The van der Waals surface area contributed by atoms with Gasteiger partial charge in [-0.25, -0.2) is 9.48 Å². The van der Waals surface area contributed by atoms with E-state index in [4.69, 9.17) is 19.3 Å². The summed E-state index contributed by atoms with van der Waals surface area (Å²) in [6.07, 6.45) is -4.44. The van der Waals surface area contributed by atoms with Crippen LogP contribution in [0.3, 0.4) is 0 Å². The smallest absolute Gasteiger partial charge is 0.416 e. The number of ether oxygens (including phenoxy) is 3. The number of aromatic nitrogens is 2. The van der Waals surface area contributed by atoms with E-state index in [0.29, 0.717) is 47.4 Å². The SMILES string of the molecule is Cc1cc(OCc2cc(-c3ccc(N4CCOCC4)cc3)n(-c3ccc(C(F)(F)F)cc3)n2)ccc1OCC(=O)O. The predicted molar refractivity (Wildman–Crippen MR) is 146 cm³/mol. The number of aryl methyl sites for hydroxylation is 1. The summed E-state index contributed by atoms with van der Waals surface area (Å²) in [5, 5.41) is 13.5. The molecule has 0 radical (unpaired) electrons.